The Morgan fingerprint density at radius 1 is 0.351 bits per heavy atom. The number of nitro groups is 2. The molecule has 0 N–H and O–H groups in total. The number of nitrogens with zero attached hydrogens (tertiary/aromatic N) is 2. The molecule has 0 bridgehead atoms. The van der Waals surface area contributed by atoms with Crippen molar-refractivity contribution in [3.05, 3.63) is 273 Å². The highest BCUT2D eigenvalue weighted by Crippen LogP contribution is 2.53. The zero-order valence-electron chi connectivity index (χ0n) is 66.1. The normalized spacial score (nSPS) is 16.0. The third-order valence-corrected chi connectivity index (χ3v) is 23.3. The summed E-state index contributed by atoms with van der Waals surface area (Å²) in [4.78, 5) is 77.2. The molecule has 16 nitrogen and oxygen atoms in total. The lowest BCUT2D eigenvalue weighted by atomic mass is 9.59. The van der Waals surface area contributed by atoms with Gasteiger partial charge in [0, 0.05) is 71.8 Å². The maximum absolute atomic E-state index is 14.3. The van der Waals surface area contributed by atoms with Gasteiger partial charge in [-0.15, -0.1) is 0 Å². The van der Waals surface area contributed by atoms with Gasteiger partial charge in [-0.2, -0.15) is 0 Å². The second-order valence-electron chi connectivity index (χ2n) is 30.4. The molecule has 16 heteroatoms. The van der Waals surface area contributed by atoms with E-state index in [0.29, 0.717) is 59.0 Å². The maximum atomic E-state index is 14.3. The van der Waals surface area contributed by atoms with Gasteiger partial charge in [-0.05, 0) is 118 Å². The minimum Gasteiger partial charge on any atom is -0.445 e. The van der Waals surface area contributed by atoms with Crippen LogP contribution in [0.15, 0.2) is 231 Å². The van der Waals surface area contributed by atoms with Crippen LogP contribution in [0.1, 0.15) is 242 Å². The predicted octanol–water partition coefficient (Wildman–Crippen LogP) is 24.3. The minimum absolute atomic E-state index is 0.0133. The van der Waals surface area contributed by atoms with E-state index in [1.807, 2.05) is 127 Å². The first-order valence-corrected chi connectivity index (χ1v) is 40.9. The molecule has 0 aliphatic heterocycles. The zero-order valence-corrected chi connectivity index (χ0v) is 66.1. The van der Waals surface area contributed by atoms with Crippen molar-refractivity contribution in [1.29, 1.82) is 0 Å². The Hall–Kier alpha value is -9.64. The van der Waals surface area contributed by atoms with Crippen LogP contribution < -0.4 is 18.9 Å². The maximum Gasteiger partial charge on any atom is 0.319 e. The number of methoxy groups -OCH3 is 2. The number of ketones is 4. The van der Waals surface area contributed by atoms with Gasteiger partial charge in [0.2, 0.25) is 34.6 Å². The van der Waals surface area contributed by atoms with Crippen molar-refractivity contribution >= 4 is 34.5 Å². The second-order valence-corrected chi connectivity index (χ2v) is 30.4. The van der Waals surface area contributed by atoms with E-state index in [1.54, 1.807) is 56.7 Å². The monoisotopic (exact) mass is 1510 g/mol. The molecule has 0 amide bonds. The Bertz CT molecular complexity index is 4000. The first-order valence-electron chi connectivity index (χ1n) is 40.9. The number of rotatable bonds is 36. The van der Waals surface area contributed by atoms with Crippen LogP contribution in [0.5, 0.6) is 23.0 Å². The molecule has 4 aliphatic carbocycles. The minimum atomic E-state index is -2.06. The largest absolute Gasteiger partial charge is 0.445 e. The molecular formula is C95H116N2O14. The molecule has 590 valence electrons. The summed E-state index contributed by atoms with van der Waals surface area (Å²) in [6, 6.07) is 67.6. The second kappa shape index (κ2) is 43.2. The van der Waals surface area contributed by atoms with E-state index in [-0.39, 0.29) is 57.3 Å². The molecule has 12 rings (SSSR count). The van der Waals surface area contributed by atoms with Gasteiger partial charge in [-0.25, -0.2) is 0 Å². The van der Waals surface area contributed by atoms with E-state index < -0.39 is 38.9 Å². The van der Waals surface area contributed by atoms with Crippen LogP contribution in [-0.4, -0.2) is 64.6 Å². The predicted molar refractivity (Wildman–Crippen MR) is 438 cm³/mol. The summed E-state index contributed by atoms with van der Waals surface area (Å²) in [6.07, 6.45) is 29.3. The summed E-state index contributed by atoms with van der Waals surface area (Å²) in [5.41, 5.74) is 1.66. The molecule has 0 aromatic heterocycles. The number of nitro benzene ring substituents is 2. The van der Waals surface area contributed by atoms with Crippen molar-refractivity contribution < 1.29 is 57.4 Å². The zero-order chi connectivity index (χ0) is 78.9. The molecule has 2 atom stereocenters. The van der Waals surface area contributed by atoms with E-state index in [0.717, 1.165) is 89.0 Å². The van der Waals surface area contributed by atoms with E-state index in [2.05, 4.69) is 52.0 Å². The average Bonchev–Trinajstić information content (AvgIpc) is 1.51. The topological polar surface area (TPSA) is 210 Å². The van der Waals surface area contributed by atoms with E-state index in [4.69, 9.17) is 28.4 Å². The summed E-state index contributed by atoms with van der Waals surface area (Å²) in [5.74, 6) is -2.28. The summed E-state index contributed by atoms with van der Waals surface area (Å²) >= 11 is 0. The Labute approximate surface area is 658 Å². The van der Waals surface area contributed by atoms with Crippen molar-refractivity contribution in [3.8, 4) is 23.0 Å². The molecule has 0 heterocycles. The SMILES string of the molecule is CCCCC(CC)CC(CC(CC)CCCC)(C(=O)c1ccccc1)C1CCCC1.COC(OC)(C(=O)c1ccccc1)C1CCCC1.O=C(c1ccccc1)C(Oc1ccccc1)(Oc1ccccc1)C1CCCC1.O=C(c1ccccc1)C(Oc1ccccc1[N+](=O)[O-])(Oc1ccccc1[N+](=O)[O-])C1CCCCC1. The standard InChI is InChI=1S/C29H48O.C26H24N2O7.C25H24O3.C15H20O3/c1-5-9-16-24(7-3)22-29(27-20-14-15-21-27,23-25(8-4)17-10-6-2)28(30)26-18-12-11-13-19-26;29-25(19-11-3-1-4-12-19)26(20-13-5-2-6-14-20,34-23-17-9-7-15-21(23)27(30)31)35-24-18-10-8-16-22(24)28(32)33;26-24(20-12-4-1-5-13-20)25(21-14-10-11-15-21,27-22-16-6-2-7-17-22)28-23-18-8-3-9-19-23;1-17-15(18-2,13-10-6-7-11-13)14(16)12-8-4-3-5-9-12/h11-13,18-19,24-25,27H,5-10,14-17,20-23H2,1-4H3;1,3-4,7-12,15-18,20H,2,5-6,13-14H2;1-9,12-13,16-19,21H,10-11,14-15H2;3-5,8-9,13H,6-7,10-11H2,1-2H3. The first-order chi connectivity index (χ1) is 54.0. The number of Topliss-reactive ketones (excluding diaryl/α,β-unsaturated/α-hetero) is 4. The molecule has 8 aromatic rings. The Morgan fingerprint density at radius 3 is 0.937 bits per heavy atom. The van der Waals surface area contributed by atoms with Crippen LogP contribution in [0.2, 0.25) is 0 Å². The quantitative estimate of drug-likeness (QED) is 0.0155. The summed E-state index contributed by atoms with van der Waals surface area (Å²) < 4.78 is 36.4. The van der Waals surface area contributed by atoms with Gasteiger partial charge < -0.3 is 28.4 Å². The number of unbranched alkanes of at least 4 members (excludes halogenated alkanes) is 2. The van der Waals surface area contributed by atoms with Gasteiger partial charge in [-0.3, -0.25) is 39.4 Å². The average molecular weight is 1510 g/mol. The van der Waals surface area contributed by atoms with Gasteiger partial charge >= 0.3 is 22.9 Å². The first kappa shape index (κ1) is 85.4. The van der Waals surface area contributed by atoms with E-state index in [9.17, 15) is 39.4 Å². The molecule has 4 saturated carbocycles. The van der Waals surface area contributed by atoms with Gasteiger partial charge in [0.1, 0.15) is 11.5 Å². The number of carbonyl (C=O) groups is 4. The van der Waals surface area contributed by atoms with Crippen LogP contribution >= 0.6 is 0 Å². The molecule has 8 aromatic carbocycles. The van der Waals surface area contributed by atoms with Gasteiger partial charge in [-0.1, -0.05) is 319 Å². The van der Waals surface area contributed by atoms with Crippen molar-refractivity contribution in [2.45, 2.75) is 218 Å². The fourth-order valence-corrected chi connectivity index (χ4v) is 17.3. The van der Waals surface area contributed by atoms with E-state index in [1.165, 1.54) is 113 Å². The lowest BCUT2D eigenvalue weighted by Gasteiger charge is -2.43. The highest BCUT2D eigenvalue weighted by Gasteiger charge is 2.55. The number of carbonyl (C=O) groups excluding carboxylic acids is 4. The molecule has 0 spiro atoms. The Morgan fingerprint density at radius 2 is 0.622 bits per heavy atom. The molecule has 0 radical (unpaired) electrons. The van der Waals surface area contributed by atoms with Crippen LogP contribution in [-0.2, 0) is 9.47 Å². The number of benzene rings is 8. The number of hydrogen-bond acceptors (Lipinski definition) is 14. The Kier molecular flexibility index (Phi) is 33.3. The molecule has 2 unspecified atom stereocenters. The smallest absolute Gasteiger partial charge is 0.319 e. The Balaban J connectivity index is 0.000000174. The lowest BCUT2D eigenvalue weighted by Crippen LogP contribution is -2.56. The van der Waals surface area contributed by atoms with Crippen LogP contribution in [0.25, 0.3) is 0 Å². The third kappa shape index (κ3) is 22.2. The molecule has 4 aliphatic rings. The summed E-state index contributed by atoms with van der Waals surface area (Å²) in [7, 11) is 3.12. The lowest BCUT2D eigenvalue weighted by molar-refractivity contribution is -0.388. The van der Waals surface area contributed by atoms with Crippen molar-refractivity contribution in [1.82, 2.24) is 0 Å². The summed E-state index contributed by atoms with van der Waals surface area (Å²) in [5, 5.41) is 23.5. The van der Waals surface area contributed by atoms with Gasteiger partial charge in [0.15, 0.2) is 5.78 Å². The third-order valence-electron chi connectivity index (χ3n) is 23.3. The van der Waals surface area contributed by atoms with Crippen molar-refractivity contribution in [2.75, 3.05) is 14.2 Å². The van der Waals surface area contributed by atoms with Crippen LogP contribution in [0.4, 0.5) is 11.4 Å². The van der Waals surface area contributed by atoms with Gasteiger partial charge in [0.05, 0.1) is 9.85 Å². The molecule has 111 heavy (non-hydrogen) atoms. The fraction of sp³-hybridized carbons (Fsp3) is 0.453. The van der Waals surface area contributed by atoms with Crippen LogP contribution in [0, 0.1) is 61.2 Å². The summed E-state index contributed by atoms with van der Waals surface area (Å²) in [6.45, 7) is 9.29. The molecular weight excluding hydrogens is 1390 g/mol. The highest BCUT2D eigenvalue weighted by atomic mass is 16.7. The van der Waals surface area contributed by atoms with Crippen molar-refractivity contribution in [2.24, 2.45) is 40.9 Å². The molecule has 4 fully saturated rings. The number of ether oxygens (including phenoxy) is 6. The molecule has 0 saturated heterocycles. The van der Waals surface area contributed by atoms with Crippen molar-refractivity contribution in [3.63, 3.8) is 0 Å². The fourth-order valence-electron chi connectivity index (χ4n) is 17.3. The highest BCUT2D eigenvalue weighted by molar-refractivity contribution is 6.04. The van der Waals surface area contributed by atoms with E-state index >= 15 is 0 Å². The van der Waals surface area contributed by atoms with Gasteiger partial charge in [0.25, 0.3) is 0 Å². The number of para-hydroxylation sites is 6. The number of hydrogen-bond donors (Lipinski definition) is 0. The van der Waals surface area contributed by atoms with Crippen LogP contribution in [0.3, 0.4) is 0 Å².